The number of hydrogen-bond donors (Lipinski definition) is 3. The van der Waals surface area contributed by atoms with Crippen LogP contribution in [0.3, 0.4) is 0 Å². The highest BCUT2D eigenvalue weighted by molar-refractivity contribution is 5.77. The lowest BCUT2D eigenvalue weighted by atomic mass is 10.1. The SMILES string of the molecule is Cc1cccc(-c2nc(C)ccc2Oc2ccnc(Nc3cccc(CCC(=N)N)c3)c2)n1. The van der Waals surface area contributed by atoms with E-state index in [9.17, 15) is 0 Å². The Hall–Kier alpha value is -4.26. The van der Waals surface area contributed by atoms with Gasteiger partial charge in [-0.25, -0.2) is 9.97 Å². The lowest BCUT2D eigenvalue weighted by Gasteiger charge is -2.13. The van der Waals surface area contributed by atoms with E-state index in [1.165, 1.54) is 0 Å². The van der Waals surface area contributed by atoms with Crippen LogP contribution in [-0.2, 0) is 6.42 Å². The molecule has 0 aliphatic rings. The van der Waals surface area contributed by atoms with Gasteiger partial charge in [-0.15, -0.1) is 0 Å². The first-order valence-electron chi connectivity index (χ1n) is 10.7. The first kappa shape index (κ1) is 22.0. The molecule has 0 fully saturated rings. The van der Waals surface area contributed by atoms with E-state index in [1.54, 1.807) is 6.20 Å². The minimum atomic E-state index is 0.186. The Morgan fingerprint density at radius 2 is 1.79 bits per heavy atom. The number of nitrogens with two attached hydrogens (primary N) is 1. The average molecular weight is 439 g/mol. The highest BCUT2D eigenvalue weighted by Gasteiger charge is 2.12. The molecular weight excluding hydrogens is 412 g/mol. The van der Waals surface area contributed by atoms with Gasteiger partial charge in [0, 0.05) is 35.8 Å². The molecule has 4 rings (SSSR count). The molecule has 0 spiro atoms. The van der Waals surface area contributed by atoms with E-state index in [2.05, 4.69) is 20.3 Å². The zero-order chi connectivity index (χ0) is 23.2. The molecule has 4 N–H and O–H groups in total. The quantitative estimate of drug-likeness (QED) is 0.245. The van der Waals surface area contributed by atoms with Gasteiger partial charge >= 0.3 is 0 Å². The molecule has 3 heterocycles. The van der Waals surface area contributed by atoms with Gasteiger partial charge in [-0.2, -0.15) is 0 Å². The second-order valence-electron chi connectivity index (χ2n) is 7.79. The molecular formula is C26H26N6O. The van der Waals surface area contributed by atoms with Gasteiger partial charge in [0.25, 0.3) is 0 Å². The lowest BCUT2D eigenvalue weighted by Crippen LogP contribution is -2.10. The third-order valence-electron chi connectivity index (χ3n) is 4.97. The molecule has 0 saturated heterocycles. The number of ether oxygens (including phenoxy) is 1. The van der Waals surface area contributed by atoms with Crippen molar-refractivity contribution >= 4 is 17.3 Å². The molecule has 166 valence electrons. The molecule has 33 heavy (non-hydrogen) atoms. The van der Waals surface area contributed by atoms with Crippen LogP contribution < -0.4 is 15.8 Å². The fourth-order valence-electron chi connectivity index (χ4n) is 3.39. The molecule has 0 bridgehead atoms. The number of amidine groups is 1. The fraction of sp³-hybridized carbons (Fsp3) is 0.154. The predicted molar refractivity (Wildman–Crippen MR) is 131 cm³/mol. The highest BCUT2D eigenvalue weighted by atomic mass is 16.5. The van der Waals surface area contributed by atoms with Crippen molar-refractivity contribution in [2.24, 2.45) is 5.73 Å². The van der Waals surface area contributed by atoms with Crippen LogP contribution in [0.1, 0.15) is 23.4 Å². The molecule has 4 aromatic rings. The number of aromatic nitrogens is 3. The molecule has 0 radical (unpaired) electrons. The Kier molecular flexibility index (Phi) is 6.59. The zero-order valence-corrected chi connectivity index (χ0v) is 18.7. The van der Waals surface area contributed by atoms with Gasteiger partial charge in [0.15, 0.2) is 5.75 Å². The maximum absolute atomic E-state index is 7.41. The summed E-state index contributed by atoms with van der Waals surface area (Å²) in [5.74, 6) is 2.11. The van der Waals surface area contributed by atoms with Crippen molar-refractivity contribution in [1.82, 2.24) is 15.0 Å². The van der Waals surface area contributed by atoms with Crippen molar-refractivity contribution < 1.29 is 4.74 Å². The first-order chi connectivity index (χ1) is 16.0. The third kappa shape index (κ3) is 5.92. The number of rotatable bonds is 8. The second-order valence-corrected chi connectivity index (χ2v) is 7.79. The number of nitrogens with one attached hydrogen (secondary N) is 2. The molecule has 7 nitrogen and oxygen atoms in total. The molecule has 0 aliphatic heterocycles. The number of anilines is 2. The van der Waals surface area contributed by atoms with Gasteiger partial charge in [-0.05, 0) is 68.3 Å². The van der Waals surface area contributed by atoms with Crippen LogP contribution in [0.15, 0.2) is 72.9 Å². The summed E-state index contributed by atoms with van der Waals surface area (Å²) in [5.41, 5.74) is 10.8. The average Bonchev–Trinajstić information content (AvgIpc) is 2.79. The van der Waals surface area contributed by atoms with Crippen LogP contribution in [0.5, 0.6) is 11.5 Å². The van der Waals surface area contributed by atoms with Crippen molar-refractivity contribution in [3.8, 4) is 22.9 Å². The van der Waals surface area contributed by atoms with Crippen molar-refractivity contribution in [3.05, 3.63) is 89.9 Å². The fourth-order valence-corrected chi connectivity index (χ4v) is 3.39. The molecule has 0 unspecified atom stereocenters. The number of nitrogens with zero attached hydrogens (tertiary/aromatic N) is 3. The molecule has 1 aromatic carbocycles. The van der Waals surface area contributed by atoms with Gasteiger partial charge < -0.3 is 15.8 Å². The Bertz CT molecular complexity index is 1290. The summed E-state index contributed by atoms with van der Waals surface area (Å²) in [6.45, 7) is 3.90. The van der Waals surface area contributed by atoms with E-state index >= 15 is 0 Å². The zero-order valence-electron chi connectivity index (χ0n) is 18.7. The Labute approximate surface area is 193 Å². The number of benzene rings is 1. The van der Waals surface area contributed by atoms with Crippen LogP contribution in [0.2, 0.25) is 0 Å². The Morgan fingerprint density at radius 3 is 2.61 bits per heavy atom. The molecule has 3 aromatic heterocycles. The summed E-state index contributed by atoms with van der Waals surface area (Å²) < 4.78 is 6.21. The summed E-state index contributed by atoms with van der Waals surface area (Å²) in [4.78, 5) is 13.7. The summed E-state index contributed by atoms with van der Waals surface area (Å²) in [5, 5.41) is 10.7. The molecule has 0 atom stereocenters. The van der Waals surface area contributed by atoms with Gasteiger partial charge in [0.05, 0.1) is 11.5 Å². The van der Waals surface area contributed by atoms with E-state index in [0.29, 0.717) is 29.4 Å². The van der Waals surface area contributed by atoms with Crippen LogP contribution in [-0.4, -0.2) is 20.8 Å². The highest BCUT2D eigenvalue weighted by Crippen LogP contribution is 2.32. The maximum atomic E-state index is 7.41. The molecule has 0 saturated carbocycles. The summed E-state index contributed by atoms with van der Waals surface area (Å²) >= 11 is 0. The summed E-state index contributed by atoms with van der Waals surface area (Å²) in [6, 6.07) is 21.3. The van der Waals surface area contributed by atoms with Crippen LogP contribution in [0.25, 0.3) is 11.4 Å². The number of pyridine rings is 3. The minimum Gasteiger partial charge on any atom is -0.455 e. The predicted octanol–water partition coefficient (Wildman–Crippen LogP) is 5.56. The topological polar surface area (TPSA) is 110 Å². The molecule has 0 amide bonds. The van der Waals surface area contributed by atoms with Crippen molar-refractivity contribution in [2.45, 2.75) is 26.7 Å². The van der Waals surface area contributed by atoms with E-state index in [-0.39, 0.29) is 5.84 Å². The van der Waals surface area contributed by atoms with Crippen LogP contribution in [0.4, 0.5) is 11.5 Å². The maximum Gasteiger partial charge on any atom is 0.155 e. The molecule has 7 heteroatoms. The monoisotopic (exact) mass is 438 g/mol. The lowest BCUT2D eigenvalue weighted by molar-refractivity contribution is 0.481. The smallest absolute Gasteiger partial charge is 0.155 e. The van der Waals surface area contributed by atoms with Gasteiger partial charge in [-0.3, -0.25) is 10.4 Å². The van der Waals surface area contributed by atoms with Gasteiger partial charge in [0.1, 0.15) is 17.3 Å². The van der Waals surface area contributed by atoms with E-state index in [0.717, 1.165) is 34.8 Å². The van der Waals surface area contributed by atoms with Gasteiger partial charge in [0.2, 0.25) is 0 Å². The normalized spacial score (nSPS) is 10.6. The van der Waals surface area contributed by atoms with E-state index < -0.39 is 0 Å². The molecule has 0 aliphatic carbocycles. The largest absolute Gasteiger partial charge is 0.455 e. The minimum absolute atomic E-state index is 0.186. The summed E-state index contributed by atoms with van der Waals surface area (Å²) in [7, 11) is 0. The van der Waals surface area contributed by atoms with Crippen molar-refractivity contribution in [1.29, 1.82) is 5.41 Å². The van der Waals surface area contributed by atoms with E-state index in [1.807, 2.05) is 80.6 Å². The van der Waals surface area contributed by atoms with Crippen molar-refractivity contribution in [3.63, 3.8) is 0 Å². The Morgan fingerprint density at radius 1 is 0.970 bits per heavy atom. The van der Waals surface area contributed by atoms with Crippen LogP contribution >= 0.6 is 0 Å². The summed E-state index contributed by atoms with van der Waals surface area (Å²) in [6.07, 6.45) is 2.95. The second kappa shape index (κ2) is 9.91. The standard InChI is InChI=1S/C26H26N6O/c1-17-5-3-8-22(30-17)26-23(11-9-18(2)31-26)33-21-13-14-29-25(16-21)32-20-7-4-6-19(15-20)10-12-24(27)28/h3-9,11,13-16H,10,12H2,1-2H3,(H3,27,28)(H,29,32). The van der Waals surface area contributed by atoms with Crippen LogP contribution in [0, 0.1) is 19.3 Å². The number of aryl methyl sites for hydroxylation is 3. The third-order valence-corrected chi connectivity index (χ3v) is 4.97. The van der Waals surface area contributed by atoms with E-state index in [4.69, 9.17) is 15.9 Å². The first-order valence-corrected chi connectivity index (χ1v) is 10.7. The number of hydrogen-bond acceptors (Lipinski definition) is 6. The Balaban J connectivity index is 1.55. The van der Waals surface area contributed by atoms with Gasteiger partial charge in [-0.1, -0.05) is 18.2 Å². The van der Waals surface area contributed by atoms with Crippen molar-refractivity contribution in [2.75, 3.05) is 5.32 Å².